The van der Waals surface area contributed by atoms with Crippen molar-refractivity contribution < 1.29 is 9.53 Å². The van der Waals surface area contributed by atoms with Crippen LogP contribution in [0.3, 0.4) is 0 Å². The van der Waals surface area contributed by atoms with E-state index in [0.29, 0.717) is 19.0 Å². The van der Waals surface area contributed by atoms with Gasteiger partial charge in [-0.25, -0.2) is 0 Å². The van der Waals surface area contributed by atoms with Crippen molar-refractivity contribution in [2.24, 2.45) is 0 Å². The standard InChI is InChI=1S/C12H15BrClNO2S/c1-12(2)7-15(6-8(5-14)17-12)11(16)10-9(13)3-4-18-10/h3-4,8H,5-7H2,1-2H3. The molecule has 0 saturated carbocycles. The third kappa shape index (κ3) is 3.07. The van der Waals surface area contributed by atoms with Crippen LogP contribution in [0.4, 0.5) is 0 Å². The van der Waals surface area contributed by atoms with E-state index in [0.717, 1.165) is 9.35 Å². The van der Waals surface area contributed by atoms with Crippen LogP contribution in [0.1, 0.15) is 23.5 Å². The van der Waals surface area contributed by atoms with Gasteiger partial charge in [-0.1, -0.05) is 0 Å². The van der Waals surface area contributed by atoms with Gasteiger partial charge in [-0.3, -0.25) is 4.79 Å². The first-order valence-electron chi connectivity index (χ1n) is 5.69. The van der Waals surface area contributed by atoms with Gasteiger partial charge in [0.2, 0.25) is 0 Å². The molecule has 1 fully saturated rings. The number of carbonyl (C=O) groups is 1. The highest BCUT2D eigenvalue weighted by Crippen LogP contribution is 2.28. The highest BCUT2D eigenvalue weighted by molar-refractivity contribution is 9.10. The lowest BCUT2D eigenvalue weighted by Gasteiger charge is -2.42. The zero-order chi connectivity index (χ0) is 13.3. The Hall–Kier alpha value is -0.100. The average molecular weight is 353 g/mol. The minimum Gasteiger partial charge on any atom is -0.367 e. The summed E-state index contributed by atoms with van der Waals surface area (Å²) in [6, 6.07) is 1.89. The van der Waals surface area contributed by atoms with Crippen molar-refractivity contribution in [3.8, 4) is 0 Å². The second kappa shape index (κ2) is 5.49. The third-order valence-corrected chi connectivity index (χ3v) is 4.92. The molecule has 0 bridgehead atoms. The van der Waals surface area contributed by atoms with E-state index >= 15 is 0 Å². The molecular weight excluding hydrogens is 338 g/mol. The monoisotopic (exact) mass is 351 g/mol. The van der Waals surface area contributed by atoms with E-state index in [4.69, 9.17) is 16.3 Å². The molecule has 2 rings (SSSR count). The van der Waals surface area contributed by atoms with Gasteiger partial charge < -0.3 is 9.64 Å². The summed E-state index contributed by atoms with van der Waals surface area (Å²) in [6.45, 7) is 5.10. The smallest absolute Gasteiger partial charge is 0.265 e. The van der Waals surface area contributed by atoms with E-state index in [1.54, 1.807) is 0 Å². The third-order valence-electron chi connectivity index (χ3n) is 2.75. The molecule has 0 spiro atoms. The number of amides is 1. The number of ether oxygens (including phenoxy) is 1. The average Bonchev–Trinajstić information content (AvgIpc) is 2.72. The Kier molecular flexibility index (Phi) is 4.36. The van der Waals surface area contributed by atoms with E-state index in [1.807, 2.05) is 30.2 Å². The molecule has 0 aromatic carbocycles. The summed E-state index contributed by atoms with van der Waals surface area (Å²) in [4.78, 5) is 15.0. The fourth-order valence-electron chi connectivity index (χ4n) is 2.12. The van der Waals surface area contributed by atoms with Gasteiger partial charge in [0, 0.05) is 17.6 Å². The number of thiophene rings is 1. The Morgan fingerprint density at radius 3 is 3.00 bits per heavy atom. The minimum absolute atomic E-state index is 0.0448. The normalized spacial score (nSPS) is 23.1. The molecule has 1 atom stereocenters. The summed E-state index contributed by atoms with van der Waals surface area (Å²) in [5, 5.41) is 1.90. The van der Waals surface area contributed by atoms with E-state index in [-0.39, 0.29) is 17.6 Å². The Bertz CT molecular complexity index is 449. The second-order valence-electron chi connectivity index (χ2n) is 4.94. The lowest BCUT2D eigenvalue weighted by molar-refractivity contribution is -0.117. The lowest BCUT2D eigenvalue weighted by Crippen LogP contribution is -2.55. The van der Waals surface area contributed by atoms with Crippen molar-refractivity contribution >= 4 is 44.8 Å². The molecule has 100 valence electrons. The topological polar surface area (TPSA) is 29.5 Å². The van der Waals surface area contributed by atoms with Crippen LogP contribution in [0.5, 0.6) is 0 Å². The fraction of sp³-hybridized carbons (Fsp3) is 0.583. The minimum atomic E-state index is -0.350. The van der Waals surface area contributed by atoms with Crippen molar-refractivity contribution in [2.75, 3.05) is 19.0 Å². The molecule has 1 aliphatic heterocycles. The number of alkyl halides is 1. The van der Waals surface area contributed by atoms with Crippen LogP contribution in [-0.4, -0.2) is 41.5 Å². The molecule has 18 heavy (non-hydrogen) atoms. The summed E-state index contributed by atoms with van der Waals surface area (Å²) >= 11 is 10.7. The maximum absolute atomic E-state index is 12.4. The highest BCUT2D eigenvalue weighted by Gasteiger charge is 2.36. The van der Waals surface area contributed by atoms with Crippen LogP contribution < -0.4 is 0 Å². The molecule has 1 aliphatic rings. The number of rotatable bonds is 2. The summed E-state index contributed by atoms with van der Waals surface area (Å²) in [6.07, 6.45) is -0.0990. The molecule has 1 aromatic rings. The van der Waals surface area contributed by atoms with Crippen molar-refractivity contribution in [1.29, 1.82) is 0 Å². The number of nitrogens with zero attached hydrogens (tertiary/aromatic N) is 1. The van der Waals surface area contributed by atoms with Gasteiger partial charge in [0.1, 0.15) is 4.88 Å². The highest BCUT2D eigenvalue weighted by atomic mass is 79.9. The molecule has 2 heterocycles. The van der Waals surface area contributed by atoms with Crippen molar-refractivity contribution in [3.63, 3.8) is 0 Å². The van der Waals surface area contributed by atoms with Crippen LogP contribution in [-0.2, 0) is 4.74 Å². The number of carbonyl (C=O) groups excluding carboxylic acids is 1. The van der Waals surface area contributed by atoms with E-state index in [2.05, 4.69) is 15.9 Å². The Balaban J connectivity index is 2.17. The van der Waals surface area contributed by atoms with Crippen molar-refractivity contribution in [1.82, 2.24) is 4.90 Å². The lowest BCUT2D eigenvalue weighted by atomic mass is 10.1. The molecule has 6 heteroatoms. The maximum atomic E-state index is 12.4. The van der Waals surface area contributed by atoms with Gasteiger partial charge in [-0.2, -0.15) is 0 Å². The Labute approximate surface area is 124 Å². The van der Waals surface area contributed by atoms with Crippen LogP contribution in [0.15, 0.2) is 15.9 Å². The van der Waals surface area contributed by atoms with Gasteiger partial charge in [-0.15, -0.1) is 22.9 Å². The zero-order valence-corrected chi connectivity index (χ0v) is 13.4. The summed E-state index contributed by atoms with van der Waals surface area (Å²) in [7, 11) is 0. The largest absolute Gasteiger partial charge is 0.367 e. The van der Waals surface area contributed by atoms with Crippen LogP contribution in [0.25, 0.3) is 0 Å². The molecule has 0 aliphatic carbocycles. The number of morpholine rings is 1. The van der Waals surface area contributed by atoms with E-state index in [9.17, 15) is 4.79 Å². The summed E-state index contributed by atoms with van der Waals surface area (Å²) in [5.74, 6) is 0.446. The van der Waals surface area contributed by atoms with Crippen LogP contribution in [0, 0.1) is 0 Å². The zero-order valence-electron chi connectivity index (χ0n) is 10.3. The first-order chi connectivity index (χ1) is 8.43. The Morgan fingerprint density at radius 1 is 1.72 bits per heavy atom. The number of hydrogen-bond donors (Lipinski definition) is 0. The quantitative estimate of drug-likeness (QED) is 0.764. The molecule has 3 nitrogen and oxygen atoms in total. The van der Waals surface area contributed by atoms with Crippen molar-refractivity contribution in [3.05, 3.63) is 20.8 Å². The SMILES string of the molecule is CC1(C)CN(C(=O)c2sccc2Br)CC(CCl)O1. The first-order valence-corrected chi connectivity index (χ1v) is 7.90. The molecule has 0 radical (unpaired) electrons. The summed E-state index contributed by atoms with van der Waals surface area (Å²) in [5.41, 5.74) is -0.350. The van der Waals surface area contributed by atoms with Gasteiger partial charge in [0.15, 0.2) is 0 Å². The first kappa shape index (κ1) is 14.3. The van der Waals surface area contributed by atoms with Crippen LogP contribution >= 0.6 is 38.9 Å². The molecule has 1 unspecified atom stereocenters. The van der Waals surface area contributed by atoms with E-state index < -0.39 is 0 Å². The molecule has 0 N–H and O–H groups in total. The van der Waals surface area contributed by atoms with E-state index in [1.165, 1.54) is 11.3 Å². The van der Waals surface area contributed by atoms with Gasteiger partial charge in [0.25, 0.3) is 5.91 Å². The van der Waals surface area contributed by atoms with Crippen LogP contribution in [0.2, 0.25) is 0 Å². The molecule has 1 saturated heterocycles. The number of halogens is 2. The maximum Gasteiger partial charge on any atom is 0.265 e. The predicted molar refractivity (Wildman–Crippen MR) is 77.6 cm³/mol. The fourth-order valence-corrected chi connectivity index (χ4v) is 3.79. The molecule has 1 aromatic heterocycles. The molecule has 1 amide bonds. The number of hydrogen-bond acceptors (Lipinski definition) is 3. The van der Waals surface area contributed by atoms with Gasteiger partial charge in [0.05, 0.1) is 17.6 Å². The molecular formula is C12H15BrClNO2S. The van der Waals surface area contributed by atoms with Crippen molar-refractivity contribution in [2.45, 2.75) is 25.6 Å². The predicted octanol–water partition coefficient (Wildman–Crippen LogP) is 3.37. The van der Waals surface area contributed by atoms with Gasteiger partial charge in [-0.05, 0) is 41.2 Å². The second-order valence-corrected chi connectivity index (χ2v) is 7.02. The summed E-state index contributed by atoms with van der Waals surface area (Å²) < 4.78 is 6.67. The Morgan fingerprint density at radius 2 is 2.44 bits per heavy atom. The van der Waals surface area contributed by atoms with Gasteiger partial charge >= 0.3 is 0 Å².